The van der Waals surface area contributed by atoms with Crippen molar-refractivity contribution >= 4 is 0 Å². The molecule has 0 unspecified atom stereocenters. The van der Waals surface area contributed by atoms with Gasteiger partial charge in [-0.25, -0.2) is 9.37 Å². The van der Waals surface area contributed by atoms with Gasteiger partial charge in [0.05, 0.1) is 12.8 Å². The molecule has 0 bridgehead atoms. The van der Waals surface area contributed by atoms with Crippen LogP contribution in [0.25, 0.3) is 11.3 Å². The van der Waals surface area contributed by atoms with Gasteiger partial charge in [-0.3, -0.25) is 0 Å². The lowest BCUT2D eigenvalue weighted by atomic mass is 10.1. The Morgan fingerprint density at radius 3 is 2.95 bits per heavy atom. The number of rotatable bonds is 7. The zero-order chi connectivity index (χ0) is 14.4. The fourth-order valence-electron chi connectivity index (χ4n) is 1.95. The standard InChI is InChI=1S/C15H19FN2O2/c1-11-9-12(16)3-4-13(11)14-10-18-15(20-14)5-6-17-7-8-19-2/h3-4,9-10,17H,5-8H2,1-2H3. The predicted molar refractivity (Wildman–Crippen MR) is 75.1 cm³/mol. The van der Waals surface area contributed by atoms with Crippen molar-refractivity contribution < 1.29 is 13.5 Å². The van der Waals surface area contributed by atoms with Crippen molar-refractivity contribution in [3.63, 3.8) is 0 Å². The third-order valence-electron chi connectivity index (χ3n) is 3.01. The summed E-state index contributed by atoms with van der Waals surface area (Å²) in [6.45, 7) is 4.13. The molecule has 0 spiro atoms. The molecular formula is C15H19FN2O2. The van der Waals surface area contributed by atoms with Crippen LogP contribution in [0.1, 0.15) is 11.5 Å². The van der Waals surface area contributed by atoms with E-state index in [2.05, 4.69) is 10.3 Å². The van der Waals surface area contributed by atoms with E-state index in [1.807, 2.05) is 6.92 Å². The highest BCUT2D eigenvalue weighted by atomic mass is 19.1. The monoisotopic (exact) mass is 278 g/mol. The molecule has 0 amide bonds. The van der Waals surface area contributed by atoms with Crippen LogP contribution in [0.5, 0.6) is 0 Å². The van der Waals surface area contributed by atoms with E-state index in [9.17, 15) is 4.39 Å². The maximum absolute atomic E-state index is 13.1. The van der Waals surface area contributed by atoms with E-state index in [1.165, 1.54) is 12.1 Å². The van der Waals surface area contributed by atoms with E-state index in [1.54, 1.807) is 19.4 Å². The lowest BCUT2D eigenvalue weighted by Crippen LogP contribution is -2.21. The lowest BCUT2D eigenvalue weighted by molar-refractivity contribution is 0.199. The quantitative estimate of drug-likeness (QED) is 0.791. The zero-order valence-electron chi connectivity index (χ0n) is 11.8. The smallest absolute Gasteiger partial charge is 0.196 e. The third-order valence-corrected chi connectivity index (χ3v) is 3.01. The highest BCUT2D eigenvalue weighted by Crippen LogP contribution is 2.24. The van der Waals surface area contributed by atoms with Crippen LogP contribution in [-0.4, -0.2) is 31.8 Å². The molecule has 2 aromatic rings. The van der Waals surface area contributed by atoms with Crippen LogP contribution >= 0.6 is 0 Å². The van der Waals surface area contributed by atoms with Gasteiger partial charge in [-0.15, -0.1) is 0 Å². The van der Waals surface area contributed by atoms with Crippen molar-refractivity contribution in [2.45, 2.75) is 13.3 Å². The van der Waals surface area contributed by atoms with Crippen molar-refractivity contribution in [3.8, 4) is 11.3 Å². The lowest BCUT2D eigenvalue weighted by Gasteiger charge is -2.02. The second-order valence-corrected chi connectivity index (χ2v) is 4.57. The molecule has 0 fully saturated rings. The van der Waals surface area contributed by atoms with Gasteiger partial charge in [0, 0.05) is 32.2 Å². The van der Waals surface area contributed by atoms with Crippen molar-refractivity contribution in [1.29, 1.82) is 0 Å². The Morgan fingerprint density at radius 1 is 1.35 bits per heavy atom. The van der Waals surface area contributed by atoms with Crippen molar-refractivity contribution in [2.75, 3.05) is 26.8 Å². The summed E-state index contributed by atoms with van der Waals surface area (Å²) in [6.07, 6.45) is 2.40. The molecule has 1 aromatic carbocycles. The zero-order valence-corrected chi connectivity index (χ0v) is 11.8. The largest absolute Gasteiger partial charge is 0.441 e. The maximum atomic E-state index is 13.1. The number of aryl methyl sites for hydroxylation is 1. The first-order chi connectivity index (χ1) is 9.70. The Bertz CT molecular complexity index is 555. The van der Waals surface area contributed by atoms with E-state index in [-0.39, 0.29) is 5.82 Å². The number of hydrogen-bond donors (Lipinski definition) is 1. The van der Waals surface area contributed by atoms with Crippen LogP contribution in [0.2, 0.25) is 0 Å². The van der Waals surface area contributed by atoms with Gasteiger partial charge < -0.3 is 14.5 Å². The molecule has 0 saturated carbocycles. The highest BCUT2D eigenvalue weighted by Gasteiger charge is 2.09. The molecule has 20 heavy (non-hydrogen) atoms. The molecule has 2 rings (SSSR count). The summed E-state index contributed by atoms with van der Waals surface area (Å²) in [6, 6.07) is 4.63. The molecule has 4 nitrogen and oxygen atoms in total. The Morgan fingerprint density at radius 2 is 2.20 bits per heavy atom. The molecule has 5 heteroatoms. The Kier molecular flexibility index (Phi) is 5.26. The van der Waals surface area contributed by atoms with Crippen molar-refractivity contribution in [3.05, 3.63) is 41.7 Å². The summed E-state index contributed by atoms with van der Waals surface area (Å²) in [5, 5.41) is 3.23. The summed E-state index contributed by atoms with van der Waals surface area (Å²) in [5.41, 5.74) is 1.71. The van der Waals surface area contributed by atoms with Gasteiger partial charge in [-0.1, -0.05) is 0 Å². The number of methoxy groups -OCH3 is 1. The van der Waals surface area contributed by atoms with Gasteiger partial charge in [-0.05, 0) is 30.7 Å². The van der Waals surface area contributed by atoms with Gasteiger partial charge in [0.25, 0.3) is 0 Å². The molecule has 1 aromatic heterocycles. The van der Waals surface area contributed by atoms with Crippen LogP contribution in [-0.2, 0) is 11.2 Å². The molecule has 108 valence electrons. The van der Waals surface area contributed by atoms with Crippen molar-refractivity contribution in [2.24, 2.45) is 0 Å². The first-order valence-corrected chi connectivity index (χ1v) is 6.61. The summed E-state index contributed by atoms with van der Waals surface area (Å²) < 4.78 is 23.7. The Hall–Kier alpha value is -1.72. The van der Waals surface area contributed by atoms with Crippen molar-refractivity contribution in [1.82, 2.24) is 10.3 Å². The van der Waals surface area contributed by atoms with E-state index < -0.39 is 0 Å². The van der Waals surface area contributed by atoms with Gasteiger partial charge in [0.15, 0.2) is 11.7 Å². The number of halogens is 1. The maximum Gasteiger partial charge on any atom is 0.196 e. The van der Waals surface area contributed by atoms with E-state index in [0.717, 1.165) is 24.2 Å². The average molecular weight is 278 g/mol. The van der Waals surface area contributed by atoms with Gasteiger partial charge >= 0.3 is 0 Å². The summed E-state index contributed by atoms with van der Waals surface area (Å²) in [4.78, 5) is 4.24. The van der Waals surface area contributed by atoms with E-state index in [0.29, 0.717) is 24.7 Å². The molecule has 0 radical (unpaired) electrons. The second kappa shape index (κ2) is 7.17. The topological polar surface area (TPSA) is 47.3 Å². The number of benzene rings is 1. The van der Waals surface area contributed by atoms with Crippen LogP contribution in [0.15, 0.2) is 28.8 Å². The number of aromatic nitrogens is 1. The summed E-state index contributed by atoms with van der Waals surface area (Å²) >= 11 is 0. The molecule has 0 saturated heterocycles. The molecular weight excluding hydrogens is 259 g/mol. The molecule has 0 aliphatic carbocycles. The molecule has 1 heterocycles. The van der Waals surface area contributed by atoms with Crippen LogP contribution in [0, 0.1) is 12.7 Å². The summed E-state index contributed by atoms with van der Waals surface area (Å²) in [5.74, 6) is 1.11. The second-order valence-electron chi connectivity index (χ2n) is 4.57. The molecule has 0 aliphatic heterocycles. The first-order valence-electron chi connectivity index (χ1n) is 6.61. The predicted octanol–water partition coefficient (Wildman–Crippen LogP) is 2.57. The number of hydrogen-bond acceptors (Lipinski definition) is 4. The SMILES string of the molecule is COCCNCCc1ncc(-c2ccc(F)cc2C)o1. The van der Waals surface area contributed by atoms with Gasteiger partial charge in [-0.2, -0.15) is 0 Å². The third kappa shape index (κ3) is 3.88. The molecule has 0 atom stereocenters. The Labute approximate surface area is 118 Å². The van der Waals surface area contributed by atoms with Gasteiger partial charge in [0.2, 0.25) is 0 Å². The van der Waals surface area contributed by atoms with Crippen LogP contribution < -0.4 is 5.32 Å². The minimum Gasteiger partial charge on any atom is -0.441 e. The molecule has 0 aliphatic rings. The van der Waals surface area contributed by atoms with E-state index in [4.69, 9.17) is 9.15 Å². The number of nitrogens with zero attached hydrogens (tertiary/aromatic N) is 1. The highest BCUT2D eigenvalue weighted by molar-refractivity contribution is 5.60. The molecule has 1 N–H and O–H groups in total. The van der Waals surface area contributed by atoms with Crippen LogP contribution in [0.4, 0.5) is 4.39 Å². The normalized spacial score (nSPS) is 10.9. The number of nitrogens with one attached hydrogen (secondary N) is 1. The minimum atomic E-state index is -0.242. The Balaban J connectivity index is 1.95. The number of oxazole rings is 1. The first kappa shape index (κ1) is 14.7. The minimum absolute atomic E-state index is 0.242. The fraction of sp³-hybridized carbons (Fsp3) is 0.400. The fourth-order valence-corrected chi connectivity index (χ4v) is 1.95. The number of ether oxygens (including phenoxy) is 1. The average Bonchev–Trinajstić information content (AvgIpc) is 2.87. The van der Waals surface area contributed by atoms with E-state index >= 15 is 0 Å². The van der Waals surface area contributed by atoms with Gasteiger partial charge in [0.1, 0.15) is 5.82 Å². The summed E-state index contributed by atoms with van der Waals surface area (Å²) in [7, 11) is 1.67. The van der Waals surface area contributed by atoms with Crippen LogP contribution in [0.3, 0.4) is 0 Å².